The van der Waals surface area contributed by atoms with E-state index >= 15 is 0 Å². The summed E-state index contributed by atoms with van der Waals surface area (Å²) in [6, 6.07) is 5.54. The maximum Gasteiger partial charge on any atom is 0.433 e. The van der Waals surface area contributed by atoms with Gasteiger partial charge in [-0.3, -0.25) is 0 Å². The van der Waals surface area contributed by atoms with Crippen LogP contribution in [0.3, 0.4) is 0 Å². The Morgan fingerprint density at radius 2 is 1.58 bits per heavy atom. The van der Waals surface area contributed by atoms with Crippen LogP contribution in [0.2, 0.25) is 0 Å². The smallest absolute Gasteiger partial charge is 0.433 e. The molecule has 1 heterocycles. The Bertz CT molecular complexity index is 928. The number of halogens is 8. The van der Waals surface area contributed by atoms with Gasteiger partial charge in [-0.25, -0.2) is 4.98 Å². The van der Waals surface area contributed by atoms with E-state index in [1.165, 1.54) is 6.08 Å². The van der Waals surface area contributed by atoms with E-state index in [0.717, 1.165) is 5.56 Å². The zero-order valence-corrected chi connectivity index (χ0v) is 18.7. The molecule has 182 valence electrons. The van der Waals surface area contributed by atoms with Gasteiger partial charge in [0, 0.05) is 6.07 Å². The van der Waals surface area contributed by atoms with Crippen LogP contribution in [0.5, 0.6) is 17.4 Å². The van der Waals surface area contributed by atoms with Crippen molar-refractivity contribution in [2.45, 2.75) is 32.1 Å². The molecule has 0 aliphatic rings. The molecule has 33 heavy (non-hydrogen) atoms. The number of aromatic nitrogens is 1. The summed E-state index contributed by atoms with van der Waals surface area (Å²) < 4.78 is 93.2. The molecule has 0 fully saturated rings. The molecule has 0 unspecified atom stereocenters. The van der Waals surface area contributed by atoms with Gasteiger partial charge in [-0.15, -0.1) is 0 Å². The SMILES string of the molecule is Cc1cc(OCC=C(Cl)Cl)ccc1OCCCCOc1cc(C(F)(F)F)cc(C(F)(F)F)n1. The van der Waals surface area contributed by atoms with E-state index in [9.17, 15) is 26.3 Å². The first kappa shape index (κ1) is 26.9. The fourth-order valence-electron chi connectivity index (χ4n) is 2.53. The molecule has 0 amide bonds. The van der Waals surface area contributed by atoms with Crippen LogP contribution >= 0.6 is 23.2 Å². The van der Waals surface area contributed by atoms with E-state index in [1.54, 1.807) is 18.2 Å². The monoisotopic (exact) mass is 517 g/mol. The molecule has 0 aliphatic heterocycles. The van der Waals surface area contributed by atoms with Crippen molar-refractivity contribution >= 4 is 23.2 Å². The number of nitrogens with zero attached hydrogens (tertiary/aromatic N) is 1. The molecule has 0 saturated heterocycles. The van der Waals surface area contributed by atoms with Crippen molar-refractivity contribution in [3.8, 4) is 17.4 Å². The third kappa shape index (κ3) is 9.21. The summed E-state index contributed by atoms with van der Waals surface area (Å²) in [6.07, 6.45) is -7.72. The highest BCUT2D eigenvalue weighted by molar-refractivity contribution is 6.55. The van der Waals surface area contributed by atoms with E-state index in [1.807, 2.05) is 6.92 Å². The van der Waals surface area contributed by atoms with Crippen LogP contribution in [-0.2, 0) is 12.4 Å². The van der Waals surface area contributed by atoms with Crippen LogP contribution in [0.15, 0.2) is 40.9 Å². The van der Waals surface area contributed by atoms with Crippen molar-refractivity contribution in [2.75, 3.05) is 19.8 Å². The maximum absolute atomic E-state index is 12.8. The molecule has 4 nitrogen and oxygen atoms in total. The van der Waals surface area contributed by atoms with Crippen molar-refractivity contribution in [1.29, 1.82) is 0 Å². The molecule has 0 saturated carbocycles. The van der Waals surface area contributed by atoms with Crippen LogP contribution in [0.1, 0.15) is 29.7 Å². The number of hydrogen-bond donors (Lipinski definition) is 0. The summed E-state index contributed by atoms with van der Waals surface area (Å²) in [5.41, 5.74) is -2.34. The Kier molecular flexibility index (Phi) is 9.54. The number of ether oxygens (including phenoxy) is 3. The number of alkyl halides is 6. The van der Waals surface area contributed by atoms with Gasteiger partial charge in [0.15, 0.2) is 0 Å². The number of benzene rings is 1. The van der Waals surface area contributed by atoms with Crippen molar-refractivity contribution in [1.82, 2.24) is 4.98 Å². The Morgan fingerprint density at radius 1 is 0.909 bits per heavy atom. The van der Waals surface area contributed by atoms with Crippen LogP contribution in [0, 0.1) is 6.92 Å². The predicted molar refractivity (Wildman–Crippen MR) is 111 cm³/mol. The molecular formula is C21H19Cl2F6NO3. The molecule has 12 heteroatoms. The van der Waals surface area contributed by atoms with E-state index < -0.39 is 29.5 Å². The van der Waals surface area contributed by atoms with Crippen LogP contribution in [-0.4, -0.2) is 24.8 Å². The minimum atomic E-state index is -5.03. The molecule has 0 atom stereocenters. The molecule has 0 N–H and O–H groups in total. The van der Waals surface area contributed by atoms with Crippen molar-refractivity contribution in [2.24, 2.45) is 0 Å². The summed E-state index contributed by atoms with van der Waals surface area (Å²) in [6.45, 7) is 2.15. The average molecular weight is 518 g/mol. The van der Waals surface area contributed by atoms with E-state index in [0.29, 0.717) is 30.4 Å². The molecule has 2 rings (SSSR count). The average Bonchev–Trinajstić information content (AvgIpc) is 2.70. The quantitative estimate of drug-likeness (QED) is 0.244. The predicted octanol–water partition coefficient (Wildman–Crippen LogP) is 7.36. The Hall–Kier alpha value is -2.33. The molecular weight excluding hydrogens is 499 g/mol. The minimum Gasteiger partial charge on any atom is -0.493 e. The molecule has 0 aliphatic carbocycles. The van der Waals surface area contributed by atoms with Crippen LogP contribution in [0.4, 0.5) is 26.3 Å². The van der Waals surface area contributed by atoms with Gasteiger partial charge in [-0.1, -0.05) is 23.2 Å². The zero-order valence-electron chi connectivity index (χ0n) is 17.2. The molecule has 2 aromatic rings. The lowest BCUT2D eigenvalue weighted by atomic mass is 10.2. The number of rotatable bonds is 10. The van der Waals surface area contributed by atoms with E-state index in [2.05, 4.69) is 4.98 Å². The molecule has 1 aromatic carbocycles. The lowest BCUT2D eigenvalue weighted by molar-refractivity contribution is -0.145. The van der Waals surface area contributed by atoms with Crippen LogP contribution < -0.4 is 14.2 Å². The number of aryl methyl sites for hydroxylation is 1. The number of hydrogen-bond acceptors (Lipinski definition) is 4. The summed E-state index contributed by atoms with van der Waals surface area (Å²) in [5, 5.41) is 0. The Labute approximate surface area is 196 Å². The first-order valence-electron chi connectivity index (χ1n) is 9.53. The fraction of sp³-hybridized carbons (Fsp3) is 0.381. The summed E-state index contributed by atoms with van der Waals surface area (Å²) >= 11 is 11.0. The standard InChI is InChI=1S/C21H19Cl2F6NO3/c1-13-10-15(31-9-6-18(22)23)4-5-16(13)32-7-2-3-8-33-19-12-14(20(24,25)26)11-17(30-19)21(27,28)29/h4-6,10-12H,2-3,7-9H2,1H3. The van der Waals surface area contributed by atoms with Gasteiger partial charge in [-0.2, -0.15) is 26.3 Å². The minimum absolute atomic E-state index is 0.0525. The van der Waals surface area contributed by atoms with E-state index in [-0.39, 0.29) is 30.4 Å². The van der Waals surface area contributed by atoms with E-state index in [4.69, 9.17) is 37.4 Å². The first-order chi connectivity index (χ1) is 15.4. The van der Waals surface area contributed by atoms with Gasteiger partial charge in [0.1, 0.15) is 28.3 Å². The first-order valence-corrected chi connectivity index (χ1v) is 10.3. The molecule has 0 bridgehead atoms. The number of unbranched alkanes of at least 4 members (excludes halogenated alkanes) is 1. The molecule has 1 aromatic heterocycles. The molecule has 0 spiro atoms. The second-order valence-electron chi connectivity index (χ2n) is 6.71. The summed E-state index contributed by atoms with van der Waals surface area (Å²) in [5.74, 6) is 0.448. The van der Waals surface area contributed by atoms with Gasteiger partial charge >= 0.3 is 12.4 Å². The van der Waals surface area contributed by atoms with Crippen LogP contribution in [0.25, 0.3) is 0 Å². The second kappa shape index (κ2) is 11.7. The second-order valence-corrected chi connectivity index (χ2v) is 7.72. The summed E-state index contributed by atoms with van der Waals surface area (Å²) in [4.78, 5) is 3.13. The Morgan fingerprint density at radius 3 is 2.15 bits per heavy atom. The highest BCUT2D eigenvalue weighted by Crippen LogP contribution is 2.36. The van der Waals surface area contributed by atoms with Gasteiger partial charge in [0.05, 0.1) is 18.8 Å². The maximum atomic E-state index is 12.8. The van der Waals surface area contributed by atoms with Gasteiger partial charge in [0.25, 0.3) is 0 Å². The lowest BCUT2D eigenvalue weighted by Gasteiger charge is -2.14. The van der Waals surface area contributed by atoms with Crippen molar-refractivity contribution in [3.05, 3.63) is 57.7 Å². The van der Waals surface area contributed by atoms with Gasteiger partial charge in [0.2, 0.25) is 5.88 Å². The third-order valence-electron chi connectivity index (χ3n) is 4.10. The zero-order chi connectivity index (χ0) is 24.6. The number of pyridine rings is 1. The third-order valence-corrected chi connectivity index (χ3v) is 4.41. The topological polar surface area (TPSA) is 40.6 Å². The van der Waals surface area contributed by atoms with Gasteiger partial charge < -0.3 is 14.2 Å². The normalized spacial score (nSPS) is 11.8. The Balaban J connectivity index is 1.82. The highest BCUT2D eigenvalue weighted by Gasteiger charge is 2.38. The van der Waals surface area contributed by atoms with Crippen molar-refractivity contribution < 1.29 is 40.6 Å². The summed E-state index contributed by atoms with van der Waals surface area (Å²) in [7, 11) is 0. The molecule has 0 radical (unpaired) electrons. The lowest BCUT2D eigenvalue weighted by Crippen LogP contribution is -2.14. The highest BCUT2D eigenvalue weighted by atomic mass is 35.5. The van der Waals surface area contributed by atoms with Crippen molar-refractivity contribution in [3.63, 3.8) is 0 Å². The largest absolute Gasteiger partial charge is 0.493 e. The fourth-order valence-corrected chi connectivity index (χ4v) is 2.65. The van der Waals surface area contributed by atoms with Gasteiger partial charge in [-0.05, 0) is 55.7 Å².